The van der Waals surface area contributed by atoms with Crippen LogP contribution in [0.3, 0.4) is 0 Å². The van der Waals surface area contributed by atoms with E-state index < -0.39 is 17.3 Å². The lowest BCUT2D eigenvalue weighted by atomic mass is 10.2. The van der Waals surface area contributed by atoms with E-state index in [1.807, 2.05) is 0 Å². The van der Waals surface area contributed by atoms with Crippen molar-refractivity contribution in [3.8, 4) is 0 Å². The van der Waals surface area contributed by atoms with Crippen LogP contribution in [-0.4, -0.2) is 57.8 Å². The van der Waals surface area contributed by atoms with Crippen LogP contribution in [0.4, 0.5) is 4.79 Å². The van der Waals surface area contributed by atoms with Gasteiger partial charge in [-0.05, 0) is 24.4 Å². The summed E-state index contributed by atoms with van der Waals surface area (Å²) >= 11 is 5.94. The van der Waals surface area contributed by atoms with Crippen LogP contribution in [0.15, 0.2) is 28.3 Å². The molecule has 0 aliphatic heterocycles. The third kappa shape index (κ3) is 5.35. The van der Waals surface area contributed by atoms with Crippen LogP contribution in [-0.2, 0) is 19.6 Å². The van der Waals surface area contributed by atoms with Crippen LogP contribution >= 0.6 is 11.6 Å². The first-order valence-corrected chi connectivity index (χ1v) is 10.6. The number of carboxylic acid groups (broad SMARTS) is 1. The largest absolute Gasteiger partial charge is 0.465 e. The molecule has 0 fully saturated rings. The molecular formula is C19H26ClN7O4. The molecule has 3 rings (SSSR count). The Bertz CT molecular complexity index is 1130. The number of hydrogen-bond donors (Lipinski definition) is 2. The fourth-order valence-electron chi connectivity index (χ4n) is 3.44. The molecule has 11 nitrogen and oxygen atoms in total. The molecule has 0 aliphatic carbocycles. The quantitative estimate of drug-likeness (QED) is 0.338. The van der Waals surface area contributed by atoms with Gasteiger partial charge in [-0.25, -0.2) is 14.6 Å². The van der Waals surface area contributed by atoms with Gasteiger partial charge in [0.15, 0.2) is 11.2 Å². The summed E-state index contributed by atoms with van der Waals surface area (Å²) in [6.45, 7) is 3.51. The van der Waals surface area contributed by atoms with E-state index in [0.717, 1.165) is 23.8 Å². The van der Waals surface area contributed by atoms with Crippen molar-refractivity contribution in [3.05, 3.63) is 44.8 Å². The molecule has 3 aromatic heterocycles. The number of amides is 1. The van der Waals surface area contributed by atoms with E-state index in [4.69, 9.17) is 11.6 Å². The maximum absolute atomic E-state index is 13.0. The molecule has 1 amide bonds. The fraction of sp³-hybridized carbons (Fsp3) is 0.526. The number of aryl methyl sites for hydroxylation is 1. The summed E-state index contributed by atoms with van der Waals surface area (Å²) in [5.74, 6) is 0. The van der Waals surface area contributed by atoms with E-state index in [1.165, 1.54) is 9.47 Å². The number of aromatic amines is 1. The Hall–Kier alpha value is -3.08. The van der Waals surface area contributed by atoms with Crippen LogP contribution in [0.5, 0.6) is 0 Å². The Morgan fingerprint density at radius 1 is 1.16 bits per heavy atom. The van der Waals surface area contributed by atoms with Crippen LogP contribution in [0.1, 0.15) is 32.6 Å². The summed E-state index contributed by atoms with van der Waals surface area (Å²) in [5, 5.41) is 9.50. The van der Waals surface area contributed by atoms with Crippen LogP contribution < -0.4 is 11.2 Å². The number of unbranched alkanes of at least 4 members (excludes halogenated alkanes) is 2. The van der Waals surface area contributed by atoms with Crippen molar-refractivity contribution in [2.45, 2.75) is 52.2 Å². The molecule has 31 heavy (non-hydrogen) atoms. The fourth-order valence-corrected chi connectivity index (χ4v) is 3.61. The van der Waals surface area contributed by atoms with E-state index in [2.05, 4.69) is 21.9 Å². The van der Waals surface area contributed by atoms with Gasteiger partial charge in [-0.15, -0.1) is 0 Å². The van der Waals surface area contributed by atoms with Crippen molar-refractivity contribution in [3.63, 3.8) is 0 Å². The highest BCUT2D eigenvalue weighted by atomic mass is 35.5. The van der Waals surface area contributed by atoms with Gasteiger partial charge in [0.05, 0.1) is 6.33 Å². The molecule has 0 bridgehead atoms. The molecule has 12 heteroatoms. The summed E-state index contributed by atoms with van der Waals surface area (Å²) < 4.78 is 4.37. The first-order chi connectivity index (χ1) is 14.9. The molecule has 168 valence electrons. The van der Waals surface area contributed by atoms with Gasteiger partial charge in [-0.2, -0.15) is 4.98 Å². The maximum Gasteiger partial charge on any atom is 0.407 e. The van der Waals surface area contributed by atoms with Gasteiger partial charge < -0.3 is 19.6 Å². The van der Waals surface area contributed by atoms with Gasteiger partial charge in [-0.1, -0.05) is 19.8 Å². The Labute approximate surface area is 182 Å². The molecule has 0 saturated heterocycles. The van der Waals surface area contributed by atoms with E-state index in [9.17, 15) is 19.5 Å². The lowest BCUT2D eigenvalue weighted by Crippen LogP contribution is -2.41. The van der Waals surface area contributed by atoms with Crippen molar-refractivity contribution in [2.24, 2.45) is 0 Å². The predicted molar refractivity (Wildman–Crippen MR) is 116 cm³/mol. The topological polar surface area (TPSA) is 131 Å². The normalized spacial score (nSPS) is 11.3. The van der Waals surface area contributed by atoms with Crippen molar-refractivity contribution in [1.82, 2.24) is 33.6 Å². The van der Waals surface area contributed by atoms with Crippen molar-refractivity contribution < 1.29 is 9.90 Å². The SMILES string of the molecule is CCCCCn1c(=O)n(CCCN(CCn2ccnc2)C(=O)O)c(=O)c2[nH]c(Cl)nc21. The number of halogens is 1. The summed E-state index contributed by atoms with van der Waals surface area (Å²) in [4.78, 5) is 49.4. The number of aromatic nitrogens is 6. The molecule has 3 aromatic rings. The maximum atomic E-state index is 13.0. The Morgan fingerprint density at radius 3 is 2.61 bits per heavy atom. The molecule has 0 aliphatic rings. The average molecular weight is 452 g/mol. The zero-order valence-corrected chi connectivity index (χ0v) is 18.1. The van der Waals surface area contributed by atoms with Crippen LogP contribution in [0.25, 0.3) is 11.2 Å². The lowest BCUT2D eigenvalue weighted by molar-refractivity contribution is 0.142. The van der Waals surface area contributed by atoms with Crippen molar-refractivity contribution in [1.29, 1.82) is 0 Å². The molecule has 2 N–H and O–H groups in total. The van der Waals surface area contributed by atoms with Crippen LogP contribution in [0, 0.1) is 0 Å². The minimum absolute atomic E-state index is 0.0463. The monoisotopic (exact) mass is 451 g/mol. The molecule has 3 heterocycles. The zero-order valence-electron chi connectivity index (χ0n) is 17.3. The first kappa shape index (κ1) is 22.6. The number of carbonyl (C=O) groups is 1. The molecule has 0 unspecified atom stereocenters. The second kappa shape index (κ2) is 10.3. The van der Waals surface area contributed by atoms with E-state index in [1.54, 1.807) is 23.3 Å². The van der Waals surface area contributed by atoms with E-state index in [-0.39, 0.29) is 36.1 Å². The summed E-state index contributed by atoms with van der Waals surface area (Å²) in [7, 11) is 0. The number of hydrogen-bond acceptors (Lipinski definition) is 5. The molecular weight excluding hydrogens is 426 g/mol. The molecule has 0 spiro atoms. The number of rotatable bonds is 11. The Balaban J connectivity index is 1.76. The van der Waals surface area contributed by atoms with Crippen LogP contribution in [0.2, 0.25) is 5.28 Å². The smallest absolute Gasteiger partial charge is 0.407 e. The number of nitrogens with one attached hydrogen (secondary N) is 1. The average Bonchev–Trinajstić information content (AvgIpc) is 3.38. The van der Waals surface area contributed by atoms with Gasteiger partial charge in [-0.3, -0.25) is 13.9 Å². The van der Waals surface area contributed by atoms with Gasteiger partial charge in [0, 0.05) is 45.1 Å². The number of imidazole rings is 2. The Morgan fingerprint density at radius 2 is 1.94 bits per heavy atom. The second-order valence-electron chi connectivity index (χ2n) is 7.25. The van der Waals surface area contributed by atoms with Gasteiger partial charge in [0.25, 0.3) is 5.56 Å². The second-order valence-corrected chi connectivity index (χ2v) is 7.61. The highest BCUT2D eigenvalue weighted by molar-refractivity contribution is 6.28. The van der Waals surface area contributed by atoms with Gasteiger partial charge in [0.2, 0.25) is 5.28 Å². The summed E-state index contributed by atoms with van der Waals surface area (Å²) in [6, 6.07) is 0. The molecule has 0 radical (unpaired) electrons. The predicted octanol–water partition coefficient (Wildman–Crippen LogP) is 2.00. The molecule has 0 atom stereocenters. The highest BCUT2D eigenvalue weighted by Gasteiger charge is 2.18. The third-order valence-corrected chi connectivity index (χ3v) is 5.26. The summed E-state index contributed by atoms with van der Waals surface area (Å²) in [5.41, 5.74) is -0.542. The number of nitrogens with zero attached hydrogens (tertiary/aromatic N) is 6. The lowest BCUT2D eigenvalue weighted by Gasteiger charge is -2.19. The minimum Gasteiger partial charge on any atom is -0.465 e. The first-order valence-electron chi connectivity index (χ1n) is 10.2. The van der Waals surface area contributed by atoms with E-state index >= 15 is 0 Å². The molecule has 0 saturated carbocycles. The van der Waals surface area contributed by atoms with Gasteiger partial charge >= 0.3 is 11.8 Å². The minimum atomic E-state index is -1.06. The van der Waals surface area contributed by atoms with Crippen molar-refractivity contribution >= 4 is 28.9 Å². The number of fused-ring (bicyclic) bond motifs is 1. The van der Waals surface area contributed by atoms with Crippen molar-refractivity contribution in [2.75, 3.05) is 13.1 Å². The molecule has 0 aromatic carbocycles. The van der Waals surface area contributed by atoms with Gasteiger partial charge in [0.1, 0.15) is 0 Å². The summed E-state index contributed by atoms with van der Waals surface area (Å²) in [6.07, 6.45) is 6.96. The zero-order chi connectivity index (χ0) is 22.4. The Kier molecular flexibility index (Phi) is 7.50. The highest BCUT2D eigenvalue weighted by Crippen LogP contribution is 2.11. The van der Waals surface area contributed by atoms with E-state index in [0.29, 0.717) is 19.5 Å². The standard InChI is InChI=1S/C19H26ClN7O4/c1-2-3-4-8-26-15-14(22-17(20)23-15)16(28)27(18(26)29)9-5-7-25(19(30)31)12-11-24-10-6-21-13-24/h6,10,13H,2-5,7-9,11-12H2,1H3,(H,22,23)(H,30,31). The third-order valence-electron chi connectivity index (χ3n) is 5.09. The number of H-pyrrole nitrogens is 1.